The highest BCUT2D eigenvalue weighted by molar-refractivity contribution is 6.00. The van der Waals surface area contributed by atoms with E-state index in [0.29, 0.717) is 18.5 Å². The highest BCUT2D eigenvalue weighted by Crippen LogP contribution is 2.32. The average molecular weight is 260 g/mol. The fourth-order valence-corrected chi connectivity index (χ4v) is 2.28. The van der Waals surface area contributed by atoms with E-state index in [9.17, 15) is 9.59 Å². The molecule has 2 rings (SSSR count). The summed E-state index contributed by atoms with van der Waals surface area (Å²) >= 11 is 0. The number of nitrogens with zero attached hydrogens (tertiary/aromatic N) is 1. The molecule has 1 aromatic rings. The highest BCUT2D eigenvalue weighted by Gasteiger charge is 2.49. The van der Waals surface area contributed by atoms with Crippen LogP contribution in [0.4, 0.5) is 0 Å². The summed E-state index contributed by atoms with van der Waals surface area (Å²) in [6.45, 7) is 6.30. The lowest BCUT2D eigenvalue weighted by Crippen LogP contribution is -2.67. The Morgan fingerprint density at radius 1 is 1.26 bits per heavy atom. The standard InChI is InChI=1S/C15H20N2O2/c1-11(2)16-14(19)15(3)9-10-17(15)13(18)12-7-5-4-6-8-12/h4-8,11H,9-10H2,1-3H3,(H,16,19). The van der Waals surface area contributed by atoms with Crippen LogP contribution < -0.4 is 5.32 Å². The Labute approximate surface area is 113 Å². The minimum absolute atomic E-state index is 0.0713. The number of rotatable bonds is 3. The Kier molecular flexibility index (Phi) is 3.60. The van der Waals surface area contributed by atoms with Gasteiger partial charge in [-0.3, -0.25) is 9.59 Å². The largest absolute Gasteiger partial charge is 0.352 e. The molecule has 4 nitrogen and oxygen atoms in total. The number of likely N-dealkylation sites (tertiary alicyclic amines) is 1. The third-order valence-electron chi connectivity index (χ3n) is 3.59. The van der Waals surface area contributed by atoms with Crippen LogP contribution in [-0.2, 0) is 4.79 Å². The Bertz CT molecular complexity index is 484. The van der Waals surface area contributed by atoms with Gasteiger partial charge in [0.1, 0.15) is 5.54 Å². The summed E-state index contributed by atoms with van der Waals surface area (Å²) in [5.41, 5.74) is -0.0808. The van der Waals surface area contributed by atoms with Gasteiger partial charge in [-0.05, 0) is 39.3 Å². The minimum Gasteiger partial charge on any atom is -0.352 e. The second-order valence-corrected chi connectivity index (χ2v) is 5.47. The zero-order chi connectivity index (χ0) is 14.0. The maximum Gasteiger partial charge on any atom is 0.254 e. The molecule has 0 radical (unpaired) electrons. The van der Waals surface area contributed by atoms with Gasteiger partial charge >= 0.3 is 0 Å². The number of hydrogen-bond acceptors (Lipinski definition) is 2. The summed E-state index contributed by atoms with van der Waals surface area (Å²) in [5.74, 6) is -0.147. The van der Waals surface area contributed by atoms with Crippen LogP contribution in [0.25, 0.3) is 0 Å². The molecule has 1 fully saturated rings. The number of hydrogen-bond donors (Lipinski definition) is 1. The van der Waals surface area contributed by atoms with Crippen LogP contribution in [0.2, 0.25) is 0 Å². The van der Waals surface area contributed by atoms with E-state index >= 15 is 0 Å². The quantitative estimate of drug-likeness (QED) is 0.901. The van der Waals surface area contributed by atoms with E-state index in [1.54, 1.807) is 17.0 Å². The van der Waals surface area contributed by atoms with Gasteiger partial charge < -0.3 is 10.2 Å². The van der Waals surface area contributed by atoms with Crippen molar-refractivity contribution in [1.29, 1.82) is 0 Å². The van der Waals surface area contributed by atoms with Gasteiger partial charge in [-0.15, -0.1) is 0 Å². The molecule has 1 aliphatic rings. The first kappa shape index (κ1) is 13.6. The minimum atomic E-state index is -0.711. The van der Waals surface area contributed by atoms with E-state index in [1.807, 2.05) is 39.0 Å². The van der Waals surface area contributed by atoms with Crippen LogP contribution in [0.1, 0.15) is 37.6 Å². The van der Waals surface area contributed by atoms with E-state index in [1.165, 1.54) is 0 Å². The summed E-state index contributed by atoms with van der Waals surface area (Å²) in [6.07, 6.45) is 0.712. The lowest BCUT2D eigenvalue weighted by Gasteiger charge is -2.49. The molecule has 1 saturated heterocycles. The van der Waals surface area contributed by atoms with Crippen molar-refractivity contribution in [3.8, 4) is 0 Å². The van der Waals surface area contributed by atoms with Crippen LogP contribution in [0.5, 0.6) is 0 Å². The molecule has 0 aliphatic carbocycles. The number of carbonyl (C=O) groups excluding carboxylic acids is 2. The summed E-state index contributed by atoms with van der Waals surface area (Å²) in [5, 5.41) is 2.89. The molecule has 0 spiro atoms. The monoisotopic (exact) mass is 260 g/mol. The van der Waals surface area contributed by atoms with Crippen molar-refractivity contribution in [1.82, 2.24) is 10.2 Å². The molecular weight excluding hydrogens is 240 g/mol. The van der Waals surface area contributed by atoms with Crippen molar-refractivity contribution >= 4 is 11.8 Å². The zero-order valence-electron chi connectivity index (χ0n) is 11.6. The van der Waals surface area contributed by atoms with Crippen molar-refractivity contribution in [3.05, 3.63) is 35.9 Å². The molecule has 1 atom stereocenters. The zero-order valence-corrected chi connectivity index (χ0v) is 11.6. The average Bonchev–Trinajstić information content (AvgIpc) is 2.36. The predicted molar refractivity (Wildman–Crippen MR) is 73.8 cm³/mol. The summed E-state index contributed by atoms with van der Waals surface area (Å²) < 4.78 is 0. The number of amides is 2. The van der Waals surface area contributed by atoms with Crippen molar-refractivity contribution < 1.29 is 9.59 Å². The molecule has 2 amide bonds. The molecular formula is C15H20N2O2. The van der Waals surface area contributed by atoms with E-state index in [-0.39, 0.29) is 17.9 Å². The van der Waals surface area contributed by atoms with Gasteiger partial charge in [-0.25, -0.2) is 0 Å². The highest BCUT2D eigenvalue weighted by atomic mass is 16.2. The molecule has 1 heterocycles. The van der Waals surface area contributed by atoms with E-state index in [4.69, 9.17) is 0 Å². The third kappa shape index (κ3) is 2.48. The van der Waals surface area contributed by atoms with Gasteiger partial charge in [0.25, 0.3) is 5.91 Å². The second kappa shape index (κ2) is 5.03. The molecule has 0 bridgehead atoms. The first-order chi connectivity index (χ1) is 8.95. The Morgan fingerprint density at radius 2 is 1.89 bits per heavy atom. The maximum atomic E-state index is 12.4. The van der Waals surface area contributed by atoms with Crippen LogP contribution in [0.3, 0.4) is 0 Å². The lowest BCUT2D eigenvalue weighted by molar-refractivity contribution is -0.138. The molecule has 0 saturated carbocycles. The topological polar surface area (TPSA) is 49.4 Å². The van der Waals surface area contributed by atoms with Crippen LogP contribution in [-0.4, -0.2) is 34.8 Å². The molecule has 1 aliphatic heterocycles. The van der Waals surface area contributed by atoms with Crippen molar-refractivity contribution in [2.75, 3.05) is 6.54 Å². The SMILES string of the molecule is CC(C)NC(=O)C1(C)CCN1C(=O)c1ccccc1. The number of nitrogens with one attached hydrogen (secondary N) is 1. The maximum absolute atomic E-state index is 12.4. The summed E-state index contributed by atoms with van der Waals surface area (Å²) in [7, 11) is 0. The second-order valence-electron chi connectivity index (χ2n) is 5.47. The smallest absolute Gasteiger partial charge is 0.254 e. The van der Waals surface area contributed by atoms with Crippen molar-refractivity contribution in [2.24, 2.45) is 0 Å². The predicted octanol–water partition coefficient (Wildman–Crippen LogP) is 1.82. The summed E-state index contributed by atoms with van der Waals surface area (Å²) in [4.78, 5) is 26.2. The van der Waals surface area contributed by atoms with Gasteiger partial charge in [0.15, 0.2) is 0 Å². The molecule has 1 aromatic carbocycles. The first-order valence-electron chi connectivity index (χ1n) is 6.63. The van der Waals surface area contributed by atoms with Gasteiger partial charge in [-0.1, -0.05) is 18.2 Å². The van der Waals surface area contributed by atoms with Gasteiger partial charge in [0.05, 0.1) is 0 Å². The van der Waals surface area contributed by atoms with Crippen molar-refractivity contribution in [2.45, 2.75) is 38.8 Å². The summed E-state index contributed by atoms with van der Waals surface area (Å²) in [6, 6.07) is 9.18. The Balaban J connectivity index is 2.14. The van der Waals surface area contributed by atoms with Gasteiger partial charge in [0, 0.05) is 18.2 Å². The van der Waals surface area contributed by atoms with E-state index in [2.05, 4.69) is 5.32 Å². The van der Waals surface area contributed by atoms with E-state index < -0.39 is 5.54 Å². The van der Waals surface area contributed by atoms with Gasteiger partial charge in [-0.2, -0.15) is 0 Å². The molecule has 0 aromatic heterocycles. The van der Waals surface area contributed by atoms with Crippen LogP contribution >= 0.6 is 0 Å². The fourth-order valence-electron chi connectivity index (χ4n) is 2.28. The Hall–Kier alpha value is -1.84. The van der Waals surface area contributed by atoms with Crippen molar-refractivity contribution in [3.63, 3.8) is 0 Å². The third-order valence-corrected chi connectivity index (χ3v) is 3.59. The number of carbonyl (C=O) groups is 2. The Morgan fingerprint density at radius 3 is 2.37 bits per heavy atom. The fraction of sp³-hybridized carbons (Fsp3) is 0.467. The lowest BCUT2D eigenvalue weighted by atomic mass is 9.84. The van der Waals surface area contributed by atoms with Crippen LogP contribution in [0, 0.1) is 0 Å². The van der Waals surface area contributed by atoms with Gasteiger partial charge in [0.2, 0.25) is 5.91 Å². The molecule has 102 valence electrons. The molecule has 4 heteroatoms. The molecule has 1 unspecified atom stereocenters. The number of benzene rings is 1. The molecule has 1 N–H and O–H groups in total. The van der Waals surface area contributed by atoms with E-state index in [0.717, 1.165) is 0 Å². The molecule has 19 heavy (non-hydrogen) atoms. The normalized spacial score (nSPS) is 22.0. The van der Waals surface area contributed by atoms with Crippen LogP contribution in [0.15, 0.2) is 30.3 Å². The first-order valence-corrected chi connectivity index (χ1v) is 6.63.